The molecule has 0 spiro atoms. The van der Waals surface area contributed by atoms with E-state index in [9.17, 15) is 4.79 Å². The molecule has 2 rings (SSSR count). The van der Waals surface area contributed by atoms with Crippen LogP contribution in [0.3, 0.4) is 0 Å². The summed E-state index contributed by atoms with van der Waals surface area (Å²) >= 11 is 0. The smallest absolute Gasteiger partial charge is 0.311 e. The van der Waals surface area contributed by atoms with Crippen LogP contribution in [0.1, 0.15) is 38.2 Å². The minimum absolute atomic E-state index is 0.0275. The minimum Gasteiger partial charge on any atom is -0.469 e. The largest absolute Gasteiger partial charge is 0.469 e. The average molecular weight is 306 g/mol. The van der Waals surface area contributed by atoms with E-state index in [1.54, 1.807) is 0 Å². The third kappa shape index (κ3) is 5.11. The highest BCUT2D eigenvalue weighted by atomic mass is 16.5. The van der Waals surface area contributed by atoms with E-state index < -0.39 is 0 Å². The van der Waals surface area contributed by atoms with Gasteiger partial charge in [0.1, 0.15) is 0 Å². The molecule has 1 aliphatic rings. The number of benzene rings is 1. The van der Waals surface area contributed by atoms with Gasteiger partial charge in [0.15, 0.2) is 0 Å². The molecule has 1 aliphatic heterocycles. The predicted molar refractivity (Wildman–Crippen MR) is 84.4 cm³/mol. The highest BCUT2D eigenvalue weighted by Gasteiger charge is 2.30. The molecular weight excluding hydrogens is 280 g/mol. The molecule has 0 unspecified atom stereocenters. The van der Waals surface area contributed by atoms with Gasteiger partial charge in [0, 0.05) is 6.61 Å². The maximum atomic E-state index is 11.6. The molecule has 4 heteroatoms. The van der Waals surface area contributed by atoms with E-state index in [1.165, 1.54) is 12.7 Å². The zero-order valence-corrected chi connectivity index (χ0v) is 13.5. The van der Waals surface area contributed by atoms with E-state index >= 15 is 0 Å². The Labute approximate surface area is 132 Å². The fraction of sp³-hybridized carbons (Fsp3) is 0.611. The van der Waals surface area contributed by atoms with Crippen molar-refractivity contribution in [3.8, 4) is 0 Å². The SMILES string of the molecule is COC(=O)[C@@H](C)[C@@H]1CCC[C@@H](CCOCc2ccccc2)O1. The highest BCUT2D eigenvalue weighted by Crippen LogP contribution is 2.26. The van der Waals surface area contributed by atoms with Crippen LogP contribution in [0.5, 0.6) is 0 Å². The van der Waals surface area contributed by atoms with Gasteiger partial charge in [-0.25, -0.2) is 0 Å². The van der Waals surface area contributed by atoms with E-state index in [1.807, 2.05) is 25.1 Å². The fourth-order valence-corrected chi connectivity index (χ4v) is 2.83. The molecule has 0 saturated carbocycles. The lowest BCUT2D eigenvalue weighted by Crippen LogP contribution is -2.36. The van der Waals surface area contributed by atoms with Crippen molar-refractivity contribution in [2.75, 3.05) is 13.7 Å². The van der Waals surface area contributed by atoms with E-state index in [4.69, 9.17) is 14.2 Å². The molecule has 3 atom stereocenters. The van der Waals surface area contributed by atoms with Gasteiger partial charge < -0.3 is 14.2 Å². The van der Waals surface area contributed by atoms with Crippen LogP contribution in [0.2, 0.25) is 0 Å². The Kier molecular flexibility index (Phi) is 6.87. The molecule has 1 aromatic rings. The first kappa shape index (κ1) is 17.0. The summed E-state index contributed by atoms with van der Waals surface area (Å²) in [4.78, 5) is 11.6. The van der Waals surface area contributed by atoms with Gasteiger partial charge in [0.2, 0.25) is 0 Å². The lowest BCUT2D eigenvalue weighted by Gasteiger charge is -2.32. The van der Waals surface area contributed by atoms with E-state index in [-0.39, 0.29) is 24.1 Å². The second-order valence-electron chi connectivity index (χ2n) is 5.87. The molecule has 0 amide bonds. The molecule has 4 nitrogen and oxygen atoms in total. The zero-order chi connectivity index (χ0) is 15.8. The third-order valence-electron chi connectivity index (χ3n) is 4.21. The fourth-order valence-electron chi connectivity index (χ4n) is 2.83. The van der Waals surface area contributed by atoms with E-state index in [2.05, 4.69) is 12.1 Å². The van der Waals surface area contributed by atoms with Crippen LogP contribution < -0.4 is 0 Å². The maximum absolute atomic E-state index is 11.6. The summed E-state index contributed by atoms with van der Waals surface area (Å²) in [7, 11) is 1.43. The summed E-state index contributed by atoms with van der Waals surface area (Å²) < 4.78 is 16.6. The predicted octanol–water partition coefficient (Wildman–Crippen LogP) is 3.34. The third-order valence-corrected chi connectivity index (χ3v) is 4.21. The van der Waals surface area contributed by atoms with Gasteiger partial charge in [-0.05, 0) is 38.2 Å². The molecular formula is C18H26O4. The molecule has 0 aromatic heterocycles. The topological polar surface area (TPSA) is 44.8 Å². The number of hydrogen-bond donors (Lipinski definition) is 0. The van der Waals surface area contributed by atoms with Crippen LogP contribution in [0.15, 0.2) is 30.3 Å². The van der Waals surface area contributed by atoms with Gasteiger partial charge in [-0.1, -0.05) is 30.3 Å². The first-order chi connectivity index (χ1) is 10.7. The summed E-state index contributed by atoms with van der Waals surface area (Å²) in [6.45, 7) is 3.19. The lowest BCUT2D eigenvalue weighted by molar-refractivity contribution is -0.156. The van der Waals surface area contributed by atoms with Crippen molar-refractivity contribution < 1.29 is 19.0 Å². The molecule has 0 aliphatic carbocycles. The molecule has 22 heavy (non-hydrogen) atoms. The summed E-state index contributed by atoms with van der Waals surface area (Å²) in [5.74, 6) is -0.385. The maximum Gasteiger partial charge on any atom is 0.311 e. The second kappa shape index (κ2) is 8.91. The summed E-state index contributed by atoms with van der Waals surface area (Å²) in [5.41, 5.74) is 1.18. The van der Waals surface area contributed by atoms with Crippen molar-refractivity contribution in [2.45, 2.75) is 51.4 Å². The van der Waals surface area contributed by atoms with Gasteiger partial charge in [-0.15, -0.1) is 0 Å². The molecule has 122 valence electrons. The van der Waals surface area contributed by atoms with Gasteiger partial charge in [-0.3, -0.25) is 4.79 Å². The molecule has 0 N–H and O–H groups in total. The Morgan fingerprint density at radius 1 is 1.32 bits per heavy atom. The first-order valence-electron chi connectivity index (χ1n) is 8.05. The number of ether oxygens (including phenoxy) is 3. The second-order valence-corrected chi connectivity index (χ2v) is 5.87. The van der Waals surface area contributed by atoms with Crippen molar-refractivity contribution in [1.29, 1.82) is 0 Å². The van der Waals surface area contributed by atoms with Gasteiger partial charge >= 0.3 is 5.97 Å². The number of carbonyl (C=O) groups is 1. The molecule has 0 bridgehead atoms. The Morgan fingerprint density at radius 2 is 2.09 bits per heavy atom. The Morgan fingerprint density at radius 3 is 2.82 bits per heavy atom. The number of methoxy groups -OCH3 is 1. The quantitative estimate of drug-likeness (QED) is 0.572. The lowest BCUT2D eigenvalue weighted by atomic mass is 9.94. The summed E-state index contributed by atoms with van der Waals surface area (Å²) in [6.07, 6.45) is 4.09. The van der Waals surface area contributed by atoms with Crippen LogP contribution in [0.4, 0.5) is 0 Å². The van der Waals surface area contributed by atoms with Crippen molar-refractivity contribution >= 4 is 5.97 Å². The molecule has 0 radical (unpaired) electrons. The summed E-state index contributed by atoms with van der Waals surface area (Å²) in [6, 6.07) is 10.2. The number of hydrogen-bond acceptors (Lipinski definition) is 4. The highest BCUT2D eigenvalue weighted by molar-refractivity contribution is 5.72. The van der Waals surface area contributed by atoms with Crippen molar-refractivity contribution in [3.05, 3.63) is 35.9 Å². The van der Waals surface area contributed by atoms with Gasteiger partial charge in [0.25, 0.3) is 0 Å². The molecule has 1 saturated heterocycles. The van der Waals surface area contributed by atoms with Crippen molar-refractivity contribution in [3.63, 3.8) is 0 Å². The van der Waals surface area contributed by atoms with Crippen LogP contribution in [0.25, 0.3) is 0 Å². The minimum atomic E-state index is -0.196. The number of carbonyl (C=O) groups excluding carboxylic acids is 1. The van der Waals surface area contributed by atoms with Crippen LogP contribution in [-0.4, -0.2) is 31.9 Å². The standard InChI is InChI=1S/C18H26O4/c1-14(18(19)20-2)17-10-6-9-16(22-17)11-12-21-13-15-7-4-3-5-8-15/h3-5,7-8,14,16-17H,6,9-13H2,1-2H3/t14-,16-,17-/m0/s1. The van der Waals surface area contributed by atoms with Crippen LogP contribution >= 0.6 is 0 Å². The average Bonchev–Trinajstić information content (AvgIpc) is 2.58. The summed E-state index contributed by atoms with van der Waals surface area (Å²) in [5, 5.41) is 0. The van der Waals surface area contributed by atoms with Crippen molar-refractivity contribution in [1.82, 2.24) is 0 Å². The Hall–Kier alpha value is -1.39. The van der Waals surface area contributed by atoms with E-state index in [0.29, 0.717) is 13.2 Å². The monoisotopic (exact) mass is 306 g/mol. The van der Waals surface area contributed by atoms with Crippen LogP contribution in [-0.2, 0) is 25.6 Å². The zero-order valence-electron chi connectivity index (χ0n) is 13.5. The first-order valence-corrected chi connectivity index (χ1v) is 8.05. The Bertz CT molecular complexity index is 446. The molecule has 1 fully saturated rings. The van der Waals surface area contributed by atoms with Crippen molar-refractivity contribution in [2.24, 2.45) is 5.92 Å². The van der Waals surface area contributed by atoms with E-state index in [0.717, 1.165) is 25.7 Å². The Balaban J connectivity index is 1.68. The normalized spacial score (nSPS) is 23.0. The van der Waals surface area contributed by atoms with Gasteiger partial charge in [-0.2, -0.15) is 0 Å². The molecule has 1 aromatic carbocycles. The number of rotatable bonds is 7. The van der Waals surface area contributed by atoms with Crippen LogP contribution in [0, 0.1) is 5.92 Å². The van der Waals surface area contributed by atoms with Gasteiger partial charge in [0.05, 0.1) is 31.8 Å². The molecule has 1 heterocycles. The number of esters is 1.